The number of ketones is 1. The lowest BCUT2D eigenvalue weighted by Gasteiger charge is -2.62. The molecule has 1 saturated heterocycles. The quantitative estimate of drug-likeness (QED) is 0.292. The summed E-state index contributed by atoms with van der Waals surface area (Å²) >= 11 is 0. The van der Waals surface area contributed by atoms with Gasteiger partial charge in [0.05, 0.1) is 31.8 Å². The van der Waals surface area contributed by atoms with E-state index in [4.69, 9.17) is 14.2 Å². The number of hydrogen-bond acceptors (Lipinski definition) is 9. The predicted molar refractivity (Wildman–Crippen MR) is 158 cm³/mol. The SMILES string of the molecule is Cc1nc(NC(C)CO[C@@H]2C3COC[C@@]4(C[C@H]2OC(=O)O)C2=CC(=O)C5C(CCC(CC(C)C)[C@H]5C(=O)O)C2CCC34)n[nH]1. The third-order valence-electron chi connectivity index (χ3n) is 11.2. The van der Waals surface area contributed by atoms with Gasteiger partial charge in [0.25, 0.3) is 0 Å². The fourth-order valence-corrected chi connectivity index (χ4v) is 9.81. The molecule has 4 fully saturated rings. The second kappa shape index (κ2) is 12.1. The van der Waals surface area contributed by atoms with Crippen LogP contribution in [0.1, 0.15) is 65.1 Å². The molecule has 44 heavy (non-hydrogen) atoms. The minimum absolute atomic E-state index is 0.00445. The second-order valence-electron chi connectivity index (χ2n) is 14.4. The molecule has 0 spiro atoms. The van der Waals surface area contributed by atoms with Crippen molar-refractivity contribution in [1.29, 1.82) is 0 Å². The zero-order chi connectivity index (χ0) is 31.3. The molecule has 0 aromatic carbocycles. The van der Waals surface area contributed by atoms with Crippen LogP contribution in [0.25, 0.3) is 0 Å². The van der Waals surface area contributed by atoms with Gasteiger partial charge >= 0.3 is 12.1 Å². The first kappa shape index (κ1) is 31.0. The lowest BCUT2D eigenvalue weighted by molar-refractivity contribution is -0.217. The fourth-order valence-electron chi connectivity index (χ4n) is 9.81. The number of aryl methyl sites for hydroxylation is 1. The standard InChI is InChI=1S/C32H46N4O8/c1-15(2)9-18-5-6-20-19-7-8-22-21-13-42-14-32(22,23(19)10-24(37)27(20)26(18)29(38)39)11-25(44-31(40)41)28(21)43-12-16(3)33-30-34-17(4)35-36-30/h10,15-16,18-22,25-28H,5-9,11-14H2,1-4H3,(H,38,39)(H,40,41)(H2,33,34,35,36)/t16?,18?,19?,20?,21?,22?,25-,26-,27?,28-,32-/m1/s1. The Morgan fingerprint density at radius 1 is 1.18 bits per heavy atom. The number of rotatable bonds is 9. The van der Waals surface area contributed by atoms with E-state index < -0.39 is 41.6 Å². The van der Waals surface area contributed by atoms with Gasteiger partial charge in [-0.25, -0.2) is 4.79 Å². The number of anilines is 1. The number of carbonyl (C=O) groups excluding carboxylic acids is 1. The Bertz CT molecular complexity index is 1300. The Hall–Kier alpha value is -2.99. The van der Waals surface area contributed by atoms with Gasteiger partial charge in [0.15, 0.2) is 5.78 Å². The zero-order valence-electron chi connectivity index (χ0n) is 26.0. The number of H-pyrrole nitrogens is 1. The molecule has 7 unspecified atom stereocenters. The zero-order valence-corrected chi connectivity index (χ0v) is 26.0. The van der Waals surface area contributed by atoms with E-state index in [9.17, 15) is 24.6 Å². The number of carboxylic acid groups (broad SMARTS) is 2. The van der Waals surface area contributed by atoms with Crippen molar-refractivity contribution in [2.75, 3.05) is 25.1 Å². The summed E-state index contributed by atoms with van der Waals surface area (Å²) in [6.07, 6.45) is 3.76. The van der Waals surface area contributed by atoms with E-state index in [-0.39, 0.29) is 48.0 Å². The number of fused-ring (bicyclic) bond motifs is 3. The van der Waals surface area contributed by atoms with Crippen LogP contribution >= 0.6 is 0 Å². The monoisotopic (exact) mass is 614 g/mol. The molecule has 1 aromatic heterocycles. The maximum absolute atomic E-state index is 14.0. The molecule has 2 heterocycles. The summed E-state index contributed by atoms with van der Waals surface area (Å²) in [6.45, 7) is 9.09. The molecule has 242 valence electrons. The summed E-state index contributed by atoms with van der Waals surface area (Å²) in [4.78, 5) is 42.8. The van der Waals surface area contributed by atoms with Crippen LogP contribution in [-0.4, -0.2) is 81.4 Å². The molecule has 1 aliphatic heterocycles. The highest BCUT2D eigenvalue weighted by molar-refractivity contribution is 5.97. The van der Waals surface area contributed by atoms with E-state index in [1.165, 1.54) is 0 Å². The highest BCUT2D eigenvalue weighted by atomic mass is 16.7. The Labute approximate surface area is 257 Å². The molecule has 2 bridgehead atoms. The lowest BCUT2D eigenvalue weighted by Crippen LogP contribution is -2.64. The van der Waals surface area contributed by atoms with Gasteiger partial charge in [0, 0.05) is 23.3 Å². The summed E-state index contributed by atoms with van der Waals surface area (Å²) < 4.78 is 18.3. The van der Waals surface area contributed by atoms with Crippen molar-refractivity contribution in [2.45, 2.75) is 84.5 Å². The molecule has 4 N–H and O–H groups in total. The van der Waals surface area contributed by atoms with E-state index >= 15 is 0 Å². The Morgan fingerprint density at radius 3 is 2.66 bits per heavy atom. The largest absolute Gasteiger partial charge is 0.506 e. The number of hydrogen-bond donors (Lipinski definition) is 4. The number of nitrogens with zero attached hydrogens (tertiary/aromatic N) is 2. The number of aromatic amines is 1. The first-order valence-electron chi connectivity index (χ1n) is 16.2. The minimum atomic E-state index is -1.35. The summed E-state index contributed by atoms with van der Waals surface area (Å²) in [6, 6.07) is -0.147. The van der Waals surface area contributed by atoms with E-state index in [1.54, 1.807) is 6.08 Å². The van der Waals surface area contributed by atoms with Gasteiger partial charge < -0.3 is 29.7 Å². The maximum Gasteiger partial charge on any atom is 0.506 e. The van der Waals surface area contributed by atoms with E-state index in [0.717, 1.165) is 37.7 Å². The average molecular weight is 615 g/mol. The first-order chi connectivity index (χ1) is 21.0. The summed E-state index contributed by atoms with van der Waals surface area (Å²) in [5.41, 5.74) is 0.490. The van der Waals surface area contributed by atoms with Crippen molar-refractivity contribution in [3.05, 3.63) is 17.5 Å². The van der Waals surface area contributed by atoms with E-state index in [0.29, 0.717) is 37.3 Å². The second-order valence-corrected chi connectivity index (χ2v) is 14.4. The van der Waals surface area contributed by atoms with Gasteiger partial charge in [-0.3, -0.25) is 14.7 Å². The molecule has 4 aliphatic carbocycles. The van der Waals surface area contributed by atoms with E-state index in [1.807, 2.05) is 13.8 Å². The highest BCUT2D eigenvalue weighted by Gasteiger charge is 2.64. The van der Waals surface area contributed by atoms with Crippen LogP contribution in [-0.2, 0) is 23.8 Å². The molecular formula is C32H46N4O8. The van der Waals surface area contributed by atoms with E-state index in [2.05, 4.69) is 34.3 Å². The van der Waals surface area contributed by atoms with Gasteiger partial charge in [0.2, 0.25) is 5.95 Å². The van der Waals surface area contributed by atoms with Gasteiger partial charge in [-0.05, 0) is 88.0 Å². The molecule has 1 aromatic rings. The Balaban J connectivity index is 1.27. The molecular weight excluding hydrogens is 568 g/mol. The van der Waals surface area contributed by atoms with Gasteiger partial charge in [-0.1, -0.05) is 19.4 Å². The Kier molecular flexibility index (Phi) is 8.51. The molecule has 3 saturated carbocycles. The number of aromatic nitrogens is 3. The predicted octanol–water partition coefficient (Wildman–Crippen LogP) is 4.32. The Morgan fingerprint density at radius 2 is 1.98 bits per heavy atom. The van der Waals surface area contributed by atoms with Crippen molar-refractivity contribution >= 4 is 23.9 Å². The van der Waals surface area contributed by atoms with Crippen molar-refractivity contribution in [1.82, 2.24) is 15.2 Å². The number of nitrogens with one attached hydrogen (secondary N) is 2. The number of carbonyl (C=O) groups is 3. The number of ether oxygens (including phenoxy) is 3. The highest BCUT2D eigenvalue weighted by Crippen LogP contribution is 2.64. The fraction of sp³-hybridized carbons (Fsp3) is 0.781. The van der Waals surface area contributed by atoms with Crippen molar-refractivity contribution in [2.24, 2.45) is 52.8 Å². The lowest BCUT2D eigenvalue weighted by atomic mass is 9.45. The summed E-state index contributed by atoms with van der Waals surface area (Å²) in [5, 5.41) is 30.2. The van der Waals surface area contributed by atoms with Crippen LogP contribution < -0.4 is 5.32 Å². The number of allylic oxidation sites excluding steroid dienone is 1. The molecule has 0 radical (unpaired) electrons. The van der Waals surface area contributed by atoms with Gasteiger partial charge in [-0.15, -0.1) is 5.10 Å². The summed E-state index contributed by atoms with van der Waals surface area (Å²) in [7, 11) is 0. The number of carboxylic acids is 1. The van der Waals surface area contributed by atoms with Crippen molar-refractivity contribution in [3.8, 4) is 0 Å². The molecule has 5 aliphatic rings. The molecule has 12 nitrogen and oxygen atoms in total. The normalized spacial score (nSPS) is 38.5. The van der Waals surface area contributed by atoms with Crippen LogP contribution in [0, 0.1) is 59.7 Å². The molecule has 12 heteroatoms. The summed E-state index contributed by atoms with van der Waals surface area (Å²) in [5.74, 6) is -0.526. The topological polar surface area (TPSA) is 173 Å². The smallest absolute Gasteiger partial charge is 0.481 e. The first-order valence-corrected chi connectivity index (χ1v) is 16.2. The maximum atomic E-state index is 14.0. The van der Waals surface area contributed by atoms with Crippen molar-refractivity contribution < 1.29 is 38.8 Å². The average Bonchev–Trinajstić information content (AvgIpc) is 3.35. The number of aliphatic carboxylic acids is 1. The minimum Gasteiger partial charge on any atom is -0.481 e. The van der Waals surface area contributed by atoms with Crippen LogP contribution in [0.4, 0.5) is 10.7 Å². The van der Waals surface area contributed by atoms with Gasteiger partial charge in [0.1, 0.15) is 11.9 Å². The van der Waals surface area contributed by atoms with Crippen LogP contribution in [0.5, 0.6) is 0 Å². The van der Waals surface area contributed by atoms with Crippen LogP contribution in [0.15, 0.2) is 11.6 Å². The molecule has 11 atom stereocenters. The third kappa shape index (κ3) is 5.52. The van der Waals surface area contributed by atoms with Crippen LogP contribution in [0.2, 0.25) is 0 Å². The van der Waals surface area contributed by atoms with Gasteiger partial charge in [-0.2, -0.15) is 4.98 Å². The molecule has 0 amide bonds. The van der Waals surface area contributed by atoms with Crippen molar-refractivity contribution in [3.63, 3.8) is 0 Å². The van der Waals surface area contributed by atoms with Crippen LogP contribution in [0.3, 0.4) is 0 Å². The third-order valence-corrected chi connectivity index (χ3v) is 11.2. The molecule has 6 rings (SSSR count).